The van der Waals surface area contributed by atoms with Crippen LogP contribution < -0.4 is 0 Å². The molecular formula is C11H13NO3S. The fourth-order valence-electron chi connectivity index (χ4n) is 1.99. The quantitative estimate of drug-likeness (QED) is 0.855. The maximum atomic E-state index is 12.1. The number of aliphatic carboxylic acids is 1. The largest absolute Gasteiger partial charge is 0.480 e. The van der Waals surface area contributed by atoms with Crippen LogP contribution in [0.15, 0.2) is 11.4 Å². The molecule has 0 radical (unpaired) electrons. The smallest absolute Gasteiger partial charge is 0.326 e. The number of likely N-dealkylation sites (tertiary alicyclic amines) is 1. The maximum absolute atomic E-state index is 12.1. The van der Waals surface area contributed by atoms with E-state index < -0.39 is 12.0 Å². The van der Waals surface area contributed by atoms with Crippen LogP contribution >= 0.6 is 11.3 Å². The third-order valence-corrected chi connectivity index (χ3v) is 3.86. The standard InChI is InChI=1S/C11H13NO3S/c1-7-4-6-16-9(7)10(13)12-5-2-3-8(12)11(14)15/h4,6,8H,2-3,5H2,1H3,(H,14,15)/t8-/m0/s1. The van der Waals surface area contributed by atoms with Gasteiger partial charge in [-0.1, -0.05) is 0 Å². The van der Waals surface area contributed by atoms with Crippen molar-refractivity contribution in [3.63, 3.8) is 0 Å². The Balaban J connectivity index is 2.22. The molecule has 5 heteroatoms. The number of carbonyl (C=O) groups is 2. The van der Waals surface area contributed by atoms with Gasteiger partial charge in [-0.2, -0.15) is 0 Å². The van der Waals surface area contributed by atoms with Gasteiger partial charge in [0.2, 0.25) is 0 Å². The molecule has 2 rings (SSSR count). The predicted molar refractivity (Wildman–Crippen MR) is 60.8 cm³/mol. The van der Waals surface area contributed by atoms with Crippen molar-refractivity contribution >= 4 is 23.2 Å². The van der Waals surface area contributed by atoms with Crippen LogP contribution in [0, 0.1) is 6.92 Å². The van der Waals surface area contributed by atoms with Gasteiger partial charge in [0, 0.05) is 6.54 Å². The predicted octanol–water partition coefficient (Wildman–Crippen LogP) is 1.75. The summed E-state index contributed by atoms with van der Waals surface area (Å²) >= 11 is 1.37. The van der Waals surface area contributed by atoms with Crippen molar-refractivity contribution in [2.45, 2.75) is 25.8 Å². The number of carbonyl (C=O) groups excluding carboxylic acids is 1. The van der Waals surface area contributed by atoms with Crippen LogP contribution in [0.3, 0.4) is 0 Å². The summed E-state index contributed by atoms with van der Waals surface area (Å²) in [4.78, 5) is 25.2. The summed E-state index contributed by atoms with van der Waals surface area (Å²) in [5.74, 6) is -1.04. The fourth-order valence-corrected chi connectivity index (χ4v) is 2.87. The molecule has 1 fully saturated rings. The van der Waals surface area contributed by atoms with Gasteiger partial charge in [0.25, 0.3) is 5.91 Å². The molecular weight excluding hydrogens is 226 g/mol. The number of amides is 1. The van der Waals surface area contributed by atoms with Gasteiger partial charge in [0.05, 0.1) is 4.88 Å². The lowest BCUT2D eigenvalue weighted by atomic mass is 10.2. The maximum Gasteiger partial charge on any atom is 0.326 e. The van der Waals surface area contributed by atoms with Crippen molar-refractivity contribution in [1.29, 1.82) is 0 Å². The van der Waals surface area contributed by atoms with Crippen molar-refractivity contribution in [3.8, 4) is 0 Å². The van der Waals surface area contributed by atoms with Gasteiger partial charge in [-0.25, -0.2) is 4.79 Å². The van der Waals surface area contributed by atoms with E-state index in [-0.39, 0.29) is 5.91 Å². The molecule has 2 heterocycles. The van der Waals surface area contributed by atoms with Gasteiger partial charge in [0.15, 0.2) is 0 Å². The minimum atomic E-state index is -0.903. The third-order valence-electron chi connectivity index (χ3n) is 2.86. The average Bonchev–Trinajstić information content (AvgIpc) is 2.84. The second kappa shape index (κ2) is 4.25. The van der Waals surface area contributed by atoms with Crippen LogP contribution in [0.25, 0.3) is 0 Å². The summed E-state index contributed by atoms with van der Waals surface area (Å²) in [5, 5.41) is 10.9. The Bertz CT molecular complexity index is 427. The number of hydrogen-bond donors (Lipinski definition) is 1. The van der Waals surface area contributed by atoms with Crippen LogP contribution in [0.1, 0.15) is 28.1 Å². The van der Waals surface area contributed by atoms with E-state index in [9.17, 15) is 9.59 Å². The van der Waals surface area contributed by atoms with Gasteiger partial charge < -0.3 is 10.0 Å². The van der Waals surface area contributed by atoms with Crippen molar-refractivity contribution in [1.82, 2.24) is 4.90 Å². The highest BCUT2D eigenvalue weighted by Gasteiger charge is 2.35. The van der Waals surface area contributed by atoms with E-state index >= 15 is 0 Å². The second-order valence-corrected chi connectivity index (χ2v) is 4.84. The summed E-state index contributed by atoms with van der Waals surface area (Å²) in [6.45, 7) is 2.42. The van der Waals surface area contributed by atoms with E-state index in [2.05, 4.69) is 0 Å². The van der Waals surface area contributed by atoms with E-state index in [1.807, 2.05) is 18.4 Å². The molecule has 1 aliphatic rings. The number of hydrogen-bond acceptors (Lipinski definition) is 3. The van der Waals surface area contributed by atoms with E-state index in [1.165, 1.54) is 16.2 Å². The number of thiophene rings is 1. The Labute approximate surface area is 97.5 Å². The van der Waals surface area contributed by atoms with Crippen LogP contribution in [0.4, 0.5) is 0 Å². The Kier molecular flexibility index (Phi) is 2.96. The minimum absolute atomic E-state index is 0.141. The molecule has 0 aromatic carbocycles. The molecule has 1 aliphatic heterocycles. The summed E-state index contributed by atoms with van der Waals surface area (Å²) in [7, 11) is 0. The zero-order chi connectivity index (χ0) is 11.7. The average molecular weight is 239 g/mol. The lowest BCUT2D eigenvalue weighted by Gasteiger charge is -2.20. The first-order valence-corrected chi connectivity index (χ1v) is 6.07. The molecule has 0 aliphatic carbocycles. The van der Waals surface area contributed by atoms with Gasteiger partial charge in [0.1, 0.15) is 6.04 Å². The number of carboxylic acid groups (broad SMARTS) is 1. The summed E-state index contributed by atoms with van der Waals surface area (Å²) in [5.41, 5.74) is 0.922. The summed E-state index contributed by atoms with van der Waals surface area (Å²) in [6, 6.07) is 1.23. The number of aryl methyl sites for hydroxylation is 1. The molecule has 1 aromatic rings. The first kappa shape index (κ1) is 11.1. The topological polar surface area (TPSA) is 57.6 Å². The summed E-state index contributed by atoms with van der Waals surface area (Å²) in [6.07, 6.45) is 1.33. The summed E-state index contributed by atoms with van der Waals surface area (Å²) < 4.78 is 0. The molecule has 0 unspecified atom stereocenters. The van der Waals surface area contributed by atoms with Crippen molar-refractivity contribution in [2.75, 3.05) is 6.54 Å². The zero-order valence-electron chi connectivity index (χ0n) is 8.97. The third kappa shape index (κ3) is 1.82. The molecule has 0 saturated carbocycles. The molecule has 1 aromatic heterocycles. The first-order chi connectivity index (χ1) is 7.61. The van der Waals surface area contributed by atoms with Gasteiger partial charge >= 0.3 is 5.97 Å². The number of rotatable bonds is 2. The molecule has 1 amide bonds. The van der Waals surface area contributed by atoms with Gasteiger partial charge in [-0.15, -0.1) is 11.3 Å². The Morgan fingerprint density at radius 3 is 2.88 bits per heavy atom. The number of carboxylic acids is 1. The van der Waals surface area contributed by atoms with Crippen molar-refractivity contribution in [3.05, 3.63) is 21.9 Å². The van der Waals surface area contributed by atoms with E-state index in [0.717, 1.165) is 12.0 Å². The van der Waals surface area contributed by atoms with Crippen LogP contribution in [0.2, 0.25) is 0 Å². The fraction of sp³-hybridized carbons (Fsp3) is 0.455. The molecule has 86 valence electrons. The highest BCUT2D eigenvalue weighted by Crippen LogP contribution is 2.24. The van der Waals surface area contributed by atoms with E-state index in [0.29, 0.717) is 17.8 Å². The molecule has 1 saturated heterocycles. The van der Waals surface area contributed by atoms with Crippen molar-refractivity contribution < 1.29 is 14.7 Å². The highest BCUT2D eigenvalue weighted by molar-refractivity contribution is 7.12. The van der Waals surface area contributed by atoms with E-state index in [1.54, 1.807) is 0 Å². The first-order valence-electron chi connectivity index (χ1n) is 5.19. The monoisotopic (exact) mass is 239 g/mol. The molecule has 0 bridgehead atoms. The molecule has 1 N–H and O–H groups in total. The zero-order valence-corrected chi connectivity index (χ0v) is 9.79. The molecule has 1 atom stereocenters. The Hall–Kier alpha value is -1.36. The Morgan fingerprint density at radius 1 is 1.56 bits per heavy atom. The number of nitrogens with zero attached hydrogens (tertiary/aromatic N) is 1. The SMILES string of the molecule is Cc1ccsc1C(=O)N1CCC[C@H]1C(=O)O. The van der Waals surface area contributed by atoms with Gasteiger partial charge in [-0.3, -0.25) is 4.79 Å². The normalized spacial score (nSPS) is 20.1. The second-order valence-electron chi connectivity index (χ2n) is 3.93. The van der Waals surface area contributed by atoms with Crippen LogP contribution in [-0.2, 0) is 4.79 Å². The Morgan fingerprint density at radius 2 is 2.31 bits per heavy atom. The van der Waals surface area contributed by atoms with E-state index in [4.69, 9.17) is 5.11 Å². The van der Waals surface area contributed by atoms with Gasteiger partial charge in [-0.05, 0) is 36.8 Å². The lowest BCUT2D eigenvalue weighted by molar-refractivity contribution is -0.141. The molecule has 0 spiro atoms. The molecule has 4 nitrogen and oxygen atoms in total. The lowest BCUT2D eigenvalue weighted by Crippen LogP contribution is -2.40. The minimum Gasteiger partial charge on any atom is -0.480 e. The highest BCUT2D eigenvalue weighted by atomic mass is 32.1. The van der Waals surface area contributed by atoms with Crippen LogP contribution in [-0.4, -0.2) is 34.5 Å². The molecule has 16 heavy (non-hydrogen) atoms. The van der Waals surface area contributed by atoms with Crippen LogP contribution in [0.5, 0.6) is 0 Å². The van der Waals surface area contributed by atoms with Crippen molar-refractivity contribution in [2.24, 2.45) is 0 Å².